The number of hydrogen-bond acceptors (Lipinski definition) is 4. The Morgan fingerprint density at radius 3 is 2.65 bits per heavy atom. The Bertz CT molecular complexity index is 429. The van der Waals surface area contributed by atoms with Crippen LogP contribution in [-0.4, -0.2) is 23.2 Å². The Hall–Kier alpha value is -0.900. The number of rotatable bonds is 4. The van der Waals surface area contributed by atoms with Gasteiger partial charge in [0.25, 0.3) is 0 Å². The van der Waals surface area contributed by atoms with E-state index in [1.54, 1.807) is 0 Å². The molecule has 2 fully saturated rings. The fourth-order valence-corrected chi connectivity index (χ4v) is 3.82. The van der Waals surface area contributed by atoms with Gasteiger partial charge < -0.3 is 9.84 Å². The largest absolute Gasteiger partial charge is 0.339 e. The van der Waals surface area contributed by atoms with E-state index in [9.17, 15) is 0 Å². The van der Waals surface area contributed by atoms with E-state index in [2.05, 4.69) is 24.3 Å². The summed E-state index contributed by atoms with van der Waals surface area (Å²) >= 11 is 0. The monoisotopic (exact) mass is 277 g/mol. The molecule has 2 heterocycles. The number of hydrogen-bond donors (Lipinski definition) is 1. The van der Waals surface area contributed by atoms with Gasteiger partial charge in [0.2, 0.25) is 5.89 Å². The molecule has 1 aromatic heterocycles. The van der Waals surface area contributed by atoms with Crippen LogP contribution >= 0.6 is 0 Å². The van der Waals surface area contributed by atoms with Gasteiger partial charge in [0.15, 0.2) is 5.82 Å². The van der Waals surface area contributed by atoms with Gasteiger partial charge in [-0.15, -0.1) is 0 Å². The van der Waals surface area contributed by atoms with Crippen molar-refractivity contribution in [3.8, 4) is 0 Å². The Kier molecular flexibility index (Phi) is 4.11. The van der Waals surface area contributed by atoms with E-state index in [0.717, 1.165) is 43.6 Å². The third kappa shape index (κ3) is 2.50. The van der Waals surface area contributed by atoms with Crippen LogP contribution in [0.3, 0.4) is 0 Å². The highest BCUT2D eigenvalue weighted by Crippen LogP contribution is 2.38. The molecule has 20 heavy (non-hydrogen) atoms. The zero-order valence-corrected chi connectivity index (χ0v) is 12.8. The van der Waals surface area contributed by atoms with Crippen molar-refractivity contribution in [3.05, 3.63) is 11.7 Å². The minimum Gasteiger partial charge on any atom is -0.339 e. The molecule has 2 aliphatic rings. The van der Waals surface area contributed by atoms with Crippen molar-refractivity contribution in [2.24, 2.45) is 5.92 Å². The highest BCUT2D eigenvalue weighted by atomic mass is 16.5. The Morgan fingerprint density at radius 1 is 1.25 bits per heavy atom. The molecule has 1 aliphatic carbocycles. The van der Waals surface area contributed by atoms with Crippen molar-refractivity contribution in [1.82, 2.24) is 15.5 Å². The van der Waals surface area contributed by atoms with Crippen LogP contribution in [0.4, 0.5) is 0 Å². The van der Waals surface area contributed by atoms with Gasteiger partial charge in [-0.05, 0) is 51.0 Å². The fraction of sp³-hybridized carbons (Fsp3) is 0.875. The van der Waals surface area contributed by atoms with E-state index in [-0.39, 0.29) is 5.41 Å². The van der Waals surface area contributed by atoms with Gasteiger partial charge in [0, 0.05) is 12.5 Å². The predicted octanol–water partition coefficient (Wildman–Crippen LogP) is 3.39. The summed E-state index contributed by atoms with van der Waals surface area (Å²) in [5.74, 6) is 3.28. The fourth-order valence-electron chi connectivity index (χ4n) is 3.82. The summed E-state index contributed by atoms with van der Waals surface area (Å²) in [6.07, 6.45) is 8.62. The molecule has 1 N–H and O–H groups in total. The SMILES string of the molecule is CCC1CCC(c2noc(C3(CC)CCNC3)n2)CC1. The Morgan fingerprint density at radius 2 is 2.05 bits per heavy atom. The average Bonchev–Trinajstić information content (AvgIpc) is 3.17. The molecule has 1 atom stereocenters. The summed E-state index contributed by atoms with van der Waals surface area (Å²) in [6, 6.07) is 0. The summed E-state index contributed by atoms with van der Waals surface area (Å²) in [6.45, 7) is 6.57. The molecule has 1 saturated heterocycles. The maximum absolute atomic E-state index is 5.65. The molecule has 0 amide bonds. The second-order valence-electron chi connectivity index (χ2n) is 6.64. The van der Waals surface area contributed by atoms with Gasteiger partial charge in [-0.25, -0.2) is 0 Å². The van der Waals surface area contributed by atoms with Crippen molar-refractivity contribution in [1.29, 1.82) is 0 Å². The normalized spacial score (nSPS) is 34.5. The minimum atomic E-state index is 0.0892. The molecule has 3 rings (SSSR count). The molecule has 0 radical (unpaired) electrons. The van der Waals surface area contributed by atoms with E-state index in [0.29, 0.717) is 5.92 Å². The molecule has 0 aromatic carbocycles. The van der Waals surface area contributed by atoms with Crippen LogP contribution in [0.1, 0.15) is 76.4 Å². The van der Waals surface area contributed by atoms with Gasteiger partial charge in [0.05, 0.1) is 5.41 Å². The third-order valence-electron chi connectivity index (χ3n) is 5.61. The summed E-state index contributed by atoms with van der Waals surface area (Å²) in [7, 11) is 0. The van der Waals surface area contributed by atoms with Crippen LogP contribution in [0.25, 0.3) is 0 Å². The highest BCUT2D eigenvalue weighted by molar-refractivity contribution is 5.11. The lowest BCUT2D eigenvalue weighted by atomic mass is 9.80. The molecular formula is C16H27N3O. The van der Waals surface area contributed by atoms with Gasteiger partial charge in [-0.3, -0.25) is 0 Å². The second-order valence-corrected chi connectivity index (χ2v) is 6.64. The van der Waals surface area contributed by atoms with Crippen LogP contribution in [0.5, 0.6) is 0 Å². The predicted molar refractivity (Wildman–Crippen MR) is 78.7 cm³/mol. The minimum absolute atomic E-state index is 0.0892. The molecule has 1 unspecified atom stereocenters. The second kappa shape index (κ2) is 5.84. The summed E-state index contributed by atoms with van der Waals surface area (Å²) in [5, 5.41) is 7.75. The standard InChI is InChI=1S/C16H27N3O/c1-3-12-5-7-13(8-6-12)14-18-15(20-19-14)16(4-2)9-10-17-11-16/h12-13,17H,3-11H2,1-2H3. The molecule has 1 aromatic rings. The van der Waals surface area contributed by atoms with E-state index in [1.165, 1.54) is 32.1 Å². The molecule has 0 spiro atoms. The smallest absolute Gasteiger partial charge is 0.234 e. The maximum atomic E-state index is 5.65. The van der Waals surface area contributed by atoms with Crippen molar-refractivity contribution in [2.45, 2.75) is 70.1 Å². The van der Waals surface area contributed by atoms with Crippen LogP contribution < -0.4 is 5.32 Å². The van der Waals surface area contributed by atoms with Gasteiger partial charge in [0.1, 0.15) is 0 Å². The van der Waals surface area contributed by atoms with Gasteiger partial charge >= 0.3 is 0 Å². The molecule has 4 heteroatoms. The van der Waals surface area contributed by atoms with Crippen molar-refractivity contribution in [2.75, 3.05) is 13.1 Å². The third-order valence-corrected chi connectivity index (χ3v) is 5.61. The first-order valence-corrected chi connectivity index (χ1v) is 8.32. The Labute approximate surface area is 121 Å². The lowest BCUT2D eigenvalue weighted by molar-refractivity contribution is 0.277. The molecule has 1 saturated carbocycles. The first-order valence-electron chi connectivity index (χ1n) is 8.32. The molecule has 0 bridgehead atoms. The van der Waals surface area contributed by atoms with Gasteiger partial charge in [-0.2, -0.15) is 4.98 Å². The first-order chi connectivity index (χ1) is 9.77. The first kappa shape index (κ1) is 14.1. The quantitative estimate of drug-likeness (QED) is 0.916. The van der Waals surface area contributed by atoms with Crippen molar-refractivity contribution < 1.29 is 4.52 Å². The van der Waals surface area contributed by atoms with Crippen LogP contribution in [0, 0.1) is 5.92 Å². The number of nitrogens with zero attached hydrogens (tertiary/aromatic N) is 2. The molecule has 4 nitrogen and oxygen atoms in total. The highest BCUT2D eigenvalue weighted by Gasteiger charge is 2.39. The van der Waals surface area contributed by atoms with E-state index < -0.39 is 0 Å². The van der Waals surface area contributed by atoms with E-state index >= 15 is 0 Å². The van der Waals surface area contributed by atoms with E-state index in [4.69, 9.17) is 9.51 Å². The topological polar surface area (TPSA) is 51.0 Å². The maximum Gasteiger partial charge on any atom is 0.234 e. The van der Waals surface area contributed by atoms with Crippen LogP contribution in [0.15, 0.2) is 4.52 Å². The lowest BCUT2D eigenvalue weighted by Crippen LogP contribution is -2.28. The molecule has 112 valence electrons. The summed E-state index contributed by atoms with van der Waals surface area (Å²) in [4.78, 5) is 4.79. The molecule has 1 aliphatic heterocycles. The van der Waals surface area contributed by atoms with E-state index in [1.807, 2.05) is 0 Å². The Balaban J connectivity index is 1.71. The summed E-state index contributed by atoms with van der Waals surface area (Å²) in [5.41, 5.74) is 0.0892. The summed E-state index contributed by atoms with van der Waals surface area (Å²) < 4.78 is 5.65. The molecular weight excluding hydrogens is 250 g/mol. The zero-order chi connectivity index (χ0) is 14.0. The van der Waals surface area contributed by atoms with Gasteiger partial charge in [-0.1, -0.05) is 25.4 Å². The van der Waals surface area contributed by atoms with Crippen molar-refractivity contribution >= 4 is 0 Å². The zero-order valence-electron chi connectivity index (χ0n) is 12.8. The van der Waals surface area contributed by atoms with Crippen LogP contribution in [0.2, 0.25) is 0 Å². The number of aromatic nitrogens is 2. The number of nitrogens with one attached hydrogen (secondary N) is 1. The van der Waals surface area contributed by atoms with Crippen molar-refractivity contribution in [3.63, 3.8) is 0 Å². The van der Waals surface area contributed by atoms with Crippen LogP contribution in [-0.2, 0) is 5.41 Å². The lowest BCUT2D eigenvalue weighted by Gasteiger charge is -2.25. The average molecular weight is 277 g/mol.